The van der Waals surface area contributed by atoms with Gasteiger partial charge in [-0.25, -0.2) is 0 Å². The molecule has 0 aromatic heterocycles. The number of nitrogens with zero attached hydrogens (tertiary/aromatic N) is 1. The number of nitrogens with two attached hydrogens (primary N) is 1. The van der Waals surface area contributed by atoms with Crippen LogP contribution in [-0.4, -0.2) is 49.6 Å². The molecule has 0 bridgehead atoms. The molecule has 1 heterocycles. The summed E-state index contributed by atoms with van der Waals surface area (Å²) in [5.41, 5.74) is 5.90. The lowest BCUT2D eigenvalue weighted by molar-refractivity contribution is -0.122. The Hall–Kier alpha value is -1.59. The Morgan fingerprint density at radius 3 is 2.90 bits per heavy atom. The molecule has 2 rings (SSSR count). The van der Waals surface area contributed by atoms with Crippen molar-refractivity contribution in [2.75, 3.05) is 32.8 Å². The molecule has 1 fully saturated rings. The molecule has 21 heavy (non-hydrogen) atoms. The third-order valence-corrected chi connectivity index (χ3v) is 3.86. The Bertz CT molecular complexity index is 436. The summed E-state index contributed by atoms with van der Waals surface area (Å²) in [6.07, 6.45) is 1.09. The first-order valence-electron chi connectivity index (χ1n) is 7.57. The molecule has 5 heteroatoms. The number of carbonyl (C=O) groups excluding carboxylic acids is 1. The Labute approximate surface area is 126 Å². The SMILES string of the molecule is CC(N)C1CCN(CC(=O)NCCOc2ccccc2)C1. The van der Waals surface area contributed by atoms with Gasteiger partial charge in [0.15, 0.2) is 0 Å². The highest BCUT2D eigenvalue weighted by Crippen LogP contribution is 2.17. The van der Waals surface area contributed by atoms with Crippen molar-refractivity contribution in [2.45, 2.75) is 19.4 Å². The second-order valence-corrected chi connectivity index (χ2v) is 5.65. The van der Waals surface area contributed by atoms with Gasteiger partial charge in [-0.05, 0) is 37.9 Å². The Morgan fingerprint density at radius 2 is 2.24 bits per heavy atom. The van der Waals surface area contributed by atoms with E-state index in [-0.39, 0.29) is 11.9 Å². The summed E-state index contributed by atoms with van der Waals surface area (Å²) < 4.78 is 5.53. The highest BCUT2D eigenvalue weighted by molar-refractivity contribution is 5.78. The van der Waals surface area contributed by atoms with Crippen molar-refractivity contribution in [3.05, 3.63) is 30.3 Å². The summed E-state index contributed by atoms with van der Waals surface area (Å²) in [5.74, 6) is 1.39. The Balaban J connectivity index is 1.58. The highest BCUT2D eigenvalue weighted by atomic mass is 16.5. The topological polar surface area (TPSA) is 67.6 Å². The van der Waals surface area contributed by atoms with E-state index in [4.69, 9.17) is 10.5 Å². The van der Waals surface area contributed by atoms with Gasteiger partial charge in [-0.15, -0.1) is 0 Å². The highest BCUT2D eigenvalue weighted by Gasteiger charge is 2.26. The molecular formula is C16H25N3O2. The molecule has 0 aliphatic carbocycles. The van der Waals surface area contributed by atoms with Crippen molar-refractivity contribution in [1.82, 2.24) is 10.2 Å². The second-order valence-electron chi connectivity index (χ2n) is 5.65. The number of likely N-dealkylation sites (tertiary alicyclic amines) is 1. The van der Waals surface area contributed by atoms with Crippen LogP contribution in [0.3, 0.4) is 0 Å². The molecule has 5 nitrogen and oxygen atoms in total. The van der Waals surface area contributed by atoms with Crippen molar-refractivity contribution in [3.8, 4) is 5.75 Å². The largest absolute Gasteiger partial charge is 0.492 e. The van der Waals surface area contributed by atoms with Gasteiger partial charge < -0.3 is 15.8 Å². The molecule has 1 aliphatic heterocycles. The lowest BCUT2D eigenvalue weighted by Gasteiger charge is -2.17. The van der Waals surface area contributed by atoms with E-state index >= 15 is 0 Å². The predicted octanol–water partition coefficient (Wildman–Crippen LogP) is 0.851. The quantitative estimate of drug-likeness (QED) is 0.731. The van der Waals surface area contributed by atoms with Gasteiger partial charge in [-0.3, -0.25) is 9.69 Å². The summed E-state index contributed by atoms with van der Waals surface area (Å²) >= 11 is 0. The maximum atomic E-state index is 11.8. The first kappa shape index (κ1) is 15.8. The number of benzene rings is 1. The first-order valence-corrected chi connectivity index (χ1v) is 7.57. The van der Waals surface area contributed by atoms with Crippen molar-refractivity contribution < 1.29 is 9.53 Å². The number of amides is 1. The van der Waals surface area contributed by atoms with Crippen LogP contribution < -0.4 is 15.8 Å². The van der Waals surface area contributed by atoms with E-state index in [0.717, 1.165) is 25.3 Å². The van der Waals surface area contributed by atoms with Crippen molar-refractivity contribution in [1.29, 1.82) is 0 Å². The fourth-order valence-corrected chi connectivity index (χ4v) is 2.57. The second kappa shape index (κ2) is 8.00. The van der Waals surface area contributed by atoms with Crippen LogP contribution in [0.5, 0.6) is 5.75 Å². The number of ether oxygens (including phenoxy) is 1. The predicted molar refractivity (Wildman–Crippen MR) is 83.1 cm³/mol. The summed E-state index contributed by atoms with van der Waals surface area (Å²) in [4.78, 5) is 14.0. The molecule has 1 amide bonds. The summed E-state index contributed by atoms with van der Waals surface area (Å²) in [7, 11) is 0. The Kier molecular flexibility index (Phi) is 6.02. The number of hydrogen-bond acceptors (Lipinski definition) is 4. The van der Waals surface area contributed by atoms with E-state index in [1.54, 1.807) is 0 Å². The minimum absolute atomic E-state index is 0.0528. The van der Waals surface area contributed by atoms with Gasteiger partial charge >= 0.3 is 0 Å². The molecule has 1 aromatic carbocycles. The van der Waals surface area contributed by atoms with Crippen LogP contribution in [0.15, 0.2) is 30.3 Å². The van der Waals surface area contributed by atoms with Gasteiger partial charge in [0.2, 0.25) is 5.91 Å². The lowest BCUT2D eigenvalue weighted by Crippen LogP contribution is -2.38. The maximum Gasteiger partial charge on any atom is 0.234 e. The fraction of sp³-hybridized carbons (Fsp3) is 0.562. The third kappa shape index (κ3) is 5.36. The zero-order valence-corrected chi connectivity index (χ0v) is 12.6. The normalized spacial score (nSPS) is 20.2. The van der Waals surface area contributed by atoms with E-state index in [0.29, 0.717) is 25.6 Å². The number of nitrogens with one attached hydrogen (secondary N) is 1. The summed E-state index contributed by atoms with van der Waals surface area (Å²) in [6, 6.07) is 9.81. The molecule has 1 aliphatic rings. The molecule has 1 saturated heterocycles. The van der Waals surface area contributed by atoms with Gasteiger partial charge in [-0.1, -0.05) is 18.2 Å². The van der Waals surface area contributed by atoms with Crippen LogP contribution in [0.2, 0.25) is 0 Å². The van der Waals surface area contributed by atoms with Crippen molar-refractivity contribution in [3.63, 3.8) is 0 Å². The first-order chi connectivity index (χ1) is 10.1. The Morgan fingerprint density at radius 1 is 1.48 bits per heavy atom. The lowest BCUT2D eigenvalue weighted by atomic mass is 10.0. The zero-order chi connectivity index (χ0) is 15.1. The smallest absolute Gasteiger partial charge is 0.234 e. The molecule has 1 aromatic rings. The molecule has 3 N–H and O–H groups in total. The molecular weight excluding hydrogens is 266 g/mol. The number of para-hydroxylation sites is 1. The standard InChI is InChI=1S/C16H25N3O2/c1-13(17)14-7-9-19(11-14)12-16(20)18-8-10-21-15-5-3-2-4-6-15/h2-6,13-14H,7-12,17H2,1H3,(H,18,20). The van der Waals surface area contributed by atoms with Crippen LogP contribution in [0.25, 0.3) is 0 Å². The van der Waals surface area contributed by atoms with Crippen molar-refractivity contribution in [2.24, 2.45) is 11.7 Å². The van der Waals surface area contributed by atoms with E-state index in [9.17, 15) is 4.79 Å². The van der Waals surface area contributed by atoms with Gasteiger partial charge in [0.25, 0.3) is 0 Å². The molecule has 2 atom stereocenters. The van der Waals surface area contributed by atoms with E-state index in [1.165, 1.54) is 0 Å². The molecule has 0 saturated carbocycles. The average Bonchev–Trinajstić information content (AvgIpc) is 2.93. The van der Waals surface area contributed by atoms with E-state index in [2.05, 4.69) is 10.2 Å². The summed E-state index contributed by atoms with van der Waals surface area (Å²) in [6.45, 7) is 5.38. The van der Waals surface area contributed by atoms with Crippen LogP contribution in [0.4, 0.5) is 0 Å². The maximum absolute atomic E-state index is 11.8. The summed E-state index contributed by atoms with van der Waals surface area (Å²) in [5, 5.41) is 2.89. The van der Waals surface area contributed by atoms with Gasteiger partial charge in [0.05, 0.1) is 13.1 Å². The number of hydrogen-bond donors (Lipinski definition) is 2. The monoisotopic (exact) mass is 291 g/mol. The van der Waals surface area contributed by atoms with Gasteiger partial charge in [-0.2, -0.15) is 0 Å². The third-order valence-electron chi connectivity index (χ3n) is 3.86. The van der Waals surface area contributed by atoms with Gasteiger partial charge in [0, 0.05) is 12.6 Å². The number of carbonyl (C=O) groups is 1. The van der Waals surface area contributed by atoms with Crippen LogP contribution in [0.1, 0.15) is 13.3 Å². The zero-order valence-electron chi connectivity index (χ0n) is 12.6. The minimum atomic E-state index is 0.0528. The van der Waals surface area contributed by atoms with E-state index in [1.807, 2.05) is 37.3 Å². The van der Waals surface area contributed by atoms with Crippen LogP contribution in [0, 0.1) is 5.92 Å². The van der Waals surface area contributed by atoms with Crippen LogP contribution >= 0.6 is 0 Å². The number of rotatable bonds is 7. The average molecular weight is 291 g/mol. The van der Waals surface area contributed by atoms with Crippen molar-refractivity contribution >= 4 is 5.91 Å². The minimum Gasteiger partial charge on any atom is -0.492 e. The molecule has 0 spiro atoms. The van der Waals surface area contributed by atoms with Gasteiger partial charge in [0.1, 0.15) is 12.4 Å². The van der Waals surface area contributed by atoms with Crippen LogP contribution in [-0.2, 0) is 4.79 Å². The molecule has 116 valence electrons. The molecule has 2 unspecified atom stereocenters. The fourth-order valence-electron chi connectivity index (χ4n) is 2.57. The van der Waals surface area contributed by atoms with E-state index < -0.39 is 0 Å². The molecule has 0 radical (unpaired) electrons.